The Morgan fingerprint density at radius 1 is 1.47 bits per heavy atom. The maximum absolute atomic E-state index is 11.4. The smallest absolute Gasteiger partial charge is 0.239 e. The predicted octanol–water partition coefficient (Wildman–Crippen LogP) is 1.80. The number of hydrogen-bond acceptors (Lipinski definition) is 3. The molecule has 0 aliphatic rings. The van der Waals surface area contributed by atoms with E-state index in [9.17, 15) is 4.79 Å². The number of rotatable bonds is 4. The van der Waals surface area contributed by atoms with Crippen molar-refractivity contribution >= 4 is 11.6 Å². The number of carbonyl (C=O) groups excluding carboxylic acids is 1. The Labute approximate surface area is 102 Å². The van der Waals surface area contributed by atoms with Crippen LogP contribution in [0, 0.1) is 18.3 Å². The van der Waals surface area contributed by atoms with E-state index < -0.39 is 0 Å². The highest BCUT2D eigenvalue weighted by Crippen LogP contribution is 2.15. The van der Waals surface area contributed by atoms with Crippen LogP contribution in [0.2, 0.25) is 0 Å². The van der Waals surface area contributed by atoms with Crippen LogP contribution in [-0.2, 0) is 4.79 Å². The second kappa shape index (κ2) is 5.90. The molecule has 0 aliphatic heterocycles. The number of hydrogen-bond donors (Lipinski definition) is 2. The van der Waals surface area contributed by atoms with Crippen molar-refractivity contribution < 1.29 is 4.79 Å². The quantitative estimate of drug-likeness (QED) is 0.830. The zero-order valence-corrected chi connectivity index (χ0v) is 10.4. The van der Waals surface area contributed by atoms with Gasteiger partial charge in [0.15, 0.2) is 0 Å². The second-order valence-corrected chi connectivity index (χ2v) is 4.22. The van der Waals surface area contributed by atoms with Gasteiger partial charge >= 0.3 is 0 Å². The van der Waals surface area contributed by atoms with Gasteiger partial charge in [-0.05, 0) is 44.5 Å². The molecule has 0 fully saturated rings. The van der Waals surface area contributed by atoms with Crippen LogP contribution in [-0.4, -0.2) is 18.5 Å². The van der Waals surface area contributed by atoms with Gasteiger partial charge in [0.25, 0.3) is 0 Å². The minimum atomic E-state index is -0.0382. The molecular formula is C13H17N3O. The zero-order chi connectivity index (χ0) is 12.8. The number of nitrogens with one attached hydrogen (secondary N) is 2. The molecule has 0 saturated heterocycles. The molecule has 4 nitrogen and oxygen atoms in total. The van der Waals surface area contributed by atoms with Crippen molar-refractivity contribution in [2.24, 2.45) is 0 Å². The first-order valence-corrected chi connectivity index (χ1v) is 5.57. The van der Waals surface area contributed by atoms with E-state index in [1.54, 1.807) is 12.1 Å². The SMILES string of the molecule is Cc1cc(C#N)ccc1NCC(=O)NC(C)C. The van der Waals surface area contributed by atoms with Crippen LogP contribution in [0.15, 0.2) is 18.2 Å². The minimum Gasteiger partial charge on any atom is -0.376 e. The highest BCUT2D eigenvalue weighted by atomic mass is 16.1. The van der Waals surface area contributed by atoms with Gasteiger partial charge in [0.2, 0.25) is 5.91 Å². The van der Waals surface area contributed by atoms with E-state index in [4.69, 9.17) is 5.26 Å². The van der Waals surface area contributed by atoms with Crippen molar-refractivity contribution in [1.29, 1.82) is 5.26 Å². The van der Waals surface area contributed by atoms with Gasteiger partial charge in [0, 0.05) is 11.7 Å². The van der Waals surface area contributed by atoms with Crippen molar-refractivity contribution in [2.45, 2.75) is 26.8 Å². The van der Waals surface area contributed by atoms with Crippen molar-refractivity contribution in [3.8, 4) is 6.07 Å². The van der Waals surface area contributed by atoms with E-state index in [-0.39, 0.29) is 18.5 Å². The molecule has 0 bridgehead atoms. The van der Waals surface area contributed by atoms with Crippen LogP contribution in [0.25, 0.3) is 0 Å². The summed E-state index contributed by atoms with van der Waals surface area (Å²) in [4.78, 5) is 11.4. The van der Waals surface area contributed by atoms with Gasteiger partial charge in [-0.25, -0.2) is 0 Å². The molecule has 90 valence electrons. The second-order valence-electron chi connectivity index (χ2n) is 4.22. The summed E-state index contributed by atoms with van der Waals surface area (Å²) in [6, 6.07) is 7.57. The molecule has 1 rings (SSSR count). The number of nitrogens with zero attached hydrogens (tertiary/aromatic N) is 1. The molecule has 0 unspecified atom stereocenters. The Bertz CT molecular complexity index is 446. The minimum absolute atomic E-state index is 0.0382. The van der Waals surface area contributed by atoms with Gasteiger partial charge in [-0.3, -0.25) is 4.79 Å². The first-order valence-electron chi connectivity index (χ1n) is 5.57. The number of benzene rings is 1. The van der Waals surface area contributed by atoms with Crippen molar-refractivity contribution in [3.63, 3.8) is 0 Å². The summed E-state index contributed by atoms with van der Waals surface area (Å²) in [6.45, 7) is 5.99. The summed E-state index contributed by atoms with van der Waals surface area (Å²) in [7, 11) is 0. The molecule has 1 aromatic carbocycles. The van der Waals surface area contributed by atoms with E-state index in [2.05, 4.69) is 16.7 Å². The molecule has 0 aliphatic carbocycles. The summed E-state index contributed by atoms with van der Waals surface area (Å²) >= 11 is 0. The summed E-state index contributed by atoms with van der Waals surface area (Å²) < 4.78 is 0. The monoisotopic (exact) mass is 231 g/mol. The van der Waals surface area contributed by atoms with Crippen LogP contribution < -0.4 is 10.6 Å². The van der Waals surface area contributed by atoms with Gasteiger partial charge in [-0.1, -0.05) is 0 Å². The van der Waals surface area contributed by atoms with Crippen molar-refractivity contribution in [2.75, 3.05) is 11.9 Å². The molecule has 17 heavy (non-hydrogen) atoms. The maximum atomic E-state index is 11.4. The Morgan fingerprint density at radius 2 is 2.18 bits per heavy atom. The van der Waals surface area contributed by atoms with Crippen LogP contribution in [0.3, 0.4) is 0 Å². The molecule has 0 atom stereocenters. The molecule has 2 N–H and O–H groups in total. The number of aryl methyl sites for hydroxylation is 1. The lowest BCUT2D eigenvalue weighted by molar-refractivity contribution is -0.119. The summed E-state index contributed by atoms with van der Waals surface area (Å²) in [5.74, 6) is -0.0382. The number of amides is 1. The fraction of sp³-hybridized carbons (Fsp3) is 0.385. The van der Waals surface area contributed by atoms with Crippen LogP contribution in [0.5, 0.6) is 0 Å². The van der Waals surface area contributed by atoms with Crippen molar-refractivity contribution in [3.05, 3.63) is 29.3 Å². The van der Waals surface area contributed by atoms with Gasteiger partial charge in [0.05, 0.1) is 18.2 Å². The van der Waals surface area contributed by atoms with E-state index in [0.717, 1.165) is 11.3 Å². The third kappa shape index (κ3) is 4.15. The van der Waals surface area contributed by atoms with Crippen LogP contribution in [0.1, 0.15) is 25.0 Å². The van der Waals surface area contributed by atoms with E-state index in [1.165, 1.54) is 0 Å². The van der Waals surface area contributed by atoms with Gasteiger partial charge < -0.3 is 10.6 Å². The molecule has 1 aromatic rings. The zero-order valence-electron chi connectivity index (χ0n) is 10.4. The molecular weight excluding hydrogens is 214 g/mol. The normalized spacial score (nSPS) is 9.82. The molecule has 0 heterocycles. The summed E-state index contributed by atoms with van der Waals surface area (Å²) in [5.41, 5.74) is 2.46. The first kappa shape index (κ1) is 13.0. The lowest BCUT2D eigenvalue weighted by Gasteiger charge is -2.11. The molecule has 1 amide bonds. The van der Waals surface area contributed by atoms with Gasteiger partial charge in [-0.15, -0.1) is 0 Å². The molecule has 0 radical (unpaired) electrons. The largest absolute Gasteiger partial charge is 0.376 e. The third-order valence-electron chi connectivity index (χ3n) is 2.24. The molecule has 0 saturated carbocycles. The topological polar surface area (TPSA) is 64.9 Å². The average molecular weight is 231 g/mol. The average Bonchev–Trinajstić information content (AvgIpc) is 2.26. The van der Waals surface area contributed by atoms with E-state index in [1.807, 2.05) is 26.8 Å². The Hall–Kier alpha value is -2.02. The van der Waals surface area contributed by atoms with Crippen LogP contribution >= 0.6 is 0 Å². The summed E-state index contributed by atoms with van der Waals surface area (Å²) in [5, 5.41) is 14.6. The third-order valence-corrected chi connectivity index (χ3v) is 2.24. The Morgan fingerprint density at radius 3 is 2.71 bits per heavy atom. The number of nitriles is 1. The molecule has 4 heteroatoms. The number of carbonyl (C=O) groups is 1. The lowest BCUT2D eigenvalue weighted by atomic mass is 10.1. The Balaban J connectivity index is 2.58. The highest BCUT2D eigenvalue weighted by molar-refractivity contribution is 5.81. The Kier molecular flexibility index (Phi) is 4.53. The first-order chi connectivity index (χ1) is 8.02. The van der Waals surface area contributed by atoms with Crippen molar-refractivity contribution in [1.82, 2.24) is 5.32 Å². The maximum Gasteiger partial charge on any atom is 0.239 e. The van der Waals surface area contributed by atoms with Crippen LogP contribution in [0.4, 0.5) is 5.69 Å². The molecule has 0 spiro atoms. The van der Waals surface area contributed by atoms with E-state index >= 15 is 0 Å². The van der Waals surface area contributed by atoms with Gasteiger partial charge in [0.1, 0.15) is 0 Å². The summed E-state index contributed by atoms with van der Waals surface area (Å²) in [6.07, 6.45) is 0. The van der Waals surface area contributed by atoms with E-state index in [0.29, 0.717) is 5.56 Å². The molecule has 0 aromatic heterocycles. The number of anilines is 1. The standard InChI is InChI=1S/C13H17N3O/c1-9(2)16-13(17)8-15-12-5-4-11(7-14)6-10(12)3/h4-6,9,15H,8H2,1-3H3,(H,16,17). The van der Waals surface area contributed by atoms with Gasteiger partial charge in [-0.2, -0.15) is 5.26 Å². The fourth-order valence-corrected chi connectivity index (χ4v) is 1.48. The fourth-order valence-electron chi connectivity index (χ4n) is 1.48. The predicted molar refractivity (Wildman–Crippen MR) is 67.7 cm³/mol. The highest BCUT2D eigenvalue weighted by Gasteiger charge is 2.04. The lowest BCUT2D eigenvalue weighted by Crippen LogP contribution is -2.34.